The Kier molecular flexibility index (Phi) is 4.71. The van der Waals surface area contributed by atoms with Crippen LogP contribution in [0.5, 0.6) is 0 Å². The van der Waals surface area contributed by atoms with E-state index in [9.17, 15) is 0 Å². The molecular formula is C14H21N3OS. The number of anilines is 1. The molecule has 0 bridgehead atoms. The summed E-state index contributed by atoms with van der Waals surface area (Å²) in [5.74, 6) is 1.71. The van der Waals surface area contributed by atoms with Gasteiger partial charge < -0.3 is 10.1 Å². The molecule has 0 atom stereocenters. The second kappa shape index (κ2) is 6.30. The molecule has 1 N–H and O–H groups in total. The topological polar surface area (TPSA) is 47.0 Å². The SMILES string of the molecule is CCCNc1nc(COCC)nc2sc(C)c(C)c12. The first kappa shape index (κ1) is 14.2. The maximum atomic E-state index is 5.42. The molecule has 0 spiro atoms. The fraction of sp³-hybridized carbons (Fsp3) is 0.571. The summed E-state index contributed by atoms with van der Waals surface area (Å²) in [5, 5.41) is 4.57. The van der Waals surface area contributed by atoms with Crippen molar-refractivity contribution >= 4 is 27.4 Å². The number of nitrogens with one attached hydrogen (secondary N) is 1. The first-order valence-corrected chi connectivity index (χ1v) is 7.57. The molecule has 4 nitrogen and oxygen atoms in total. The predicted octanol–water partition coefficient (Wildman–Crippen LogP) is 3.67. The average Bonchev–Trinajstić information content (AvgIpc) is 2.69. The van der Waals surface area contributed by atoms with Crippen LogP contribution >= 0.6 is 11.3 Å². The van der Waals surface area contributed by atoms with E-state index in [0.29, 0.717) is 13.2 Å². The molecule has 0 saturated heterocycles. The summed E-state index contributed by atoms with van der Waals surface area (Å²) < 4.78 is 5.42. The molecule has 0 radical (unpaired) electrons. The molecule has 0 amide bonds. The van der Waals surface area contributed by atoms with Gasteiger partial charge >= 0.3 is 0 Å². The third kappa shape index (κ3) is 3.04. The molecule has 0 aromatic carbocycles. The Morgan fingerprint density at radius 2 is 2.00 bits per heavy atom. The molecule has 2 aromatic rings. The van der Waals surface area contributed by atoms with E-state index in [1.807, 2.05) is 6.92 Å². The molecular weight excluding hydrogens is 258 g/mol. The van der Waals surface area contributed by atoms with E-state index in [0.717, 1.165) is 34.8 Å². The number of rotatable bonds is 6. The maximum absolute atomic E-state index is 5.42. The van der Waals surface area contributed by atoms with Crippen molar-refractivity contribution in [1.82, 2.24) is 9.97 Å². The van der Waals surface area contributed by atoms with E-state index in [1.54, 1.807) is 11.3 Å². The maximum Gasteiger partial charge on any atom is 0.158 e. The lowest BCUT2D eigenvalue weighted by molar-refractivity contribution is 0.128. The number of hydrogen-bond acceptors (Lipinski definition) is 5. The first-order valence-electron chi connectivity index (χ1n) is 6.75. The van der Waals surface area contributed by atoms with Gasteiger partial charge in [-0.3, -0.25) is 0 Å². The Bertz CT molecular complexity index is 565. The third-order valence-corrected chi connectivity index (χ3v) is 4.15. The minimum absolute atomic E-state index is 0.475. The largest absolute Gasteiger partial charge is 0.374 e. The number of ether oxygens (including phenoxy) is 1. The summed E-state index contributed by atoms with van der Waals surface area (Å²) in [6.07, 6.45) is 1.08. The second-order valence-electron chi connectivity index (χ2n) is 4.52. The van der Waals surface area contributed by atoms with Crippen LogP contribution in [0.3, 0.4) is 0 Å². The van der Waals surface area contributed by atoms with E-state index in [4.69, 9.17) is 4.74 Å². The Labute approximate surface area is 118 Å². The van der Waals surface area contributed by atoms with Gasteiger partial charge in [0.05, 0.1) is 5.39 Å². The van der Waals surface area contributed by atoms with Crippen molar-refractivity contribution in [3.8, 4) is 0 Å². The number of thiophene rings is 1. The van der Waals surface area contributed by atoms with Crippen LogP contribution < -0.4 is 5.32 Å². The van der Waals surface area contributed by atoms with Gasteiger partial charge in [-0.25, -0.2) is 9.97 Å². The molecule has 2 heterocycles. The Balaban J connectivity index is 2.46. The summed E-state index contributed by atoms with van der Waals surface area (Å²) in [7, 11) is 0. The van der Waals surface area contributed by atoms with E-state index < -0.39 is 0 Å². The van der Waals surface area contributed by atoms with Crippen LogP contribution in [0.2, 0.25) is 0 Å². The Morgan fingerprint density at radius 1 is 1.21 bits per heavy atom. The number of hydrogen-bond donors (Lipinski definition) is 1. The van der Waals surface area contributed by atoms with Crippen molar-refractivity contribution < 1.29 is 4.74 Å². The highest BCUT2D eigenvalue weighted by Crippen LogP contribution is 2.33. The van der Waals surface area contributed by atoms with Crippen LogP contribution in [0.1, 0.15) is 36.5 Å². The van der Waals surface area contributed by atoms with Gasteiger partial charge in [0.25, 0.3) is 0 Å². The normalized spacial score (nSPS) is 11.2. The fourth-order valence-electron chi connectivity index (χ4n) is 1.92. The van der Waals surface area contributed by atoms with Crippen molar-refractivity contribution in [2.45, 2.75) is 40.7 Å². The zero-order valence-corrected chi connectivity index (χ0v) is 12.9. The summed E-state index contributed by atoms with van der Waals surface area (Å²) >= 11 is 1.73. The van der Waals surface area contributed by atoms with Crippen molar-refractivity contribution in [3.63, 3.8) is 0 Å². The van der Waals surface area contributed by atoms with Gasteiger partial charge in [-0.15, -0.1) is 11.3 Å². The quantitative estimate of drug-likeness (QED) is 0.876. The van der Waals surface area contributed by atoms with E-state index in [1.165, 1.54) is 10.4 Å². The monoisotopic (exact) mass is 279 g/mol. The highest BCUT2D eigenvalue weighted by atomic mass is 32.1. The lowest BCUT2D eigenvalue weighted by Crippen LogP contribution is -2.07. The van der Waals surface area contributed by atoms with Crippen LogP contribution in [0, 0.1) is 13.8 Å². The molecule has 5 heteroatoms. The van der Waals surface area contributed by atoms with Crippen molar-refractivity contribution in [2.75, 3.05) is 18.5 Å². The van der Waals surface area contributed by atoms with Crippen molar-refractivity contribution in [1.29, 1.82) is 0 Å². The van der Waals surface area contributed by atoms with Gasteiger partial charge in [0.1, 0.15) is 17.3 Å². The summed E-state index contributed by atoms with van der Waals surface area (Å²) in [4.78, 5) is 11.6. The van der Waals surface area contributed by atoms with Crippen LogP contribution in [-0.2, 0) is 11.3 Å². The first-order chi connectivity index (χ1) is 9.17. The molecule has 2 rings (SSSR count). The molecule has 104 valence electrons. The van der Waals surface area contributed by atoms with Gasteiger partial charge in [-0.1, -0.05) is 6.92 Å². The number of aryl methyl sites for hydroxylation is 2. The second-order valence-corrected chi connectivity index (χ2v) is 5.72. The summed E-state index contributed by atoms with van der Waals surface area (Å²) in [5.41, 5.74) is 1.28. The summed E-state index contributed by atoms with van der Waals surface area (Å²) in [6, 6.07) is 0. The fourth-order valence-corrected chi connectivity index (χ4v) is 2.97. The minimum Gasteiger partial charge on any atom is -0.374 e. The molecule has 0 fully saturated rings. The molecule has 0 aliphatic heterocycles. The smallest absolute Gasteiger partial charge is 0.158 e. The van der Waals surface area contributed by atoms with Crippen LogP contribution in [0.25, 0.3) is 10.2 Å². The standard InChI is InChI=1S/C14H21N3OS/c1-5-7-15-13-12-9(3)10(4)19-14(12)17-11(16-13)8-18-6-2/h5-8H2,1-4H3,(H,15,16,17). The highest BCUT2D eigenvalue weighted by molar-refractivity contribution is 7.18. The molecule has 0 aliphatic carbocycles. The molecule has 19 heavy (non-hydrogen) atoms. The van der Waals surface area contributed by atoms with Gasteiger partial charge in [-0.2, -0.15) is 0 Å². The number of nitrogens with zero attached hydrogens (tertiary/aromatic N) is 2. The third-order valence-electron chi connectivity index (χ3n) is 3.05. The van der Waals surface area contributed by atoms with E-state index in [2.05, 4.69) is 36.1 Å². The predicted molar refractivity (Wildman–Crippen MR) is 81.0 cm³/mol. The Morgan fingerprint density at radius 3 is 2.68 bits per heavy atom. The molecule has 0 unspecified atom stereocenters. The lowest BCUT2D eigenvalue weighted by atomic mass is 10.2. The van der Waals surface area contributed by atoms with Gasteiger partial charge in [0.15, 0.2) is 5.82 Å². The van der Waals surface area contributed by atoms with Crippen LogP contribution in [-0.4, -0.2) is 23.1 Å². The van der Waals surface area contributed by atoms with Gasteiger partial charge in [0, 0.05) is 18.0 Å². The number of fused-ring (bicyclic) bond motifs is 1. The average molecular weight is 279 g/mol. The van der Waals surface area contributed by atoms with Gasteiger partial charge in [0.2, 0.25) is 0 Å². The summed E-state index contributed by atoms with van der Waals surface area (Å²) in [6.45, 7) is 10.5. The van der Waals surface area contributed by atoms with E-state index >= 15 is 0 Å². The highest BCUT2D eigenvalue weighted by Gasteiger charge is 2.14. The van der Waals surface area contributed by atoms with Crippen LogP contribution in [0.4, 0.5) is 5.82 Å². The number of aromatic nitrogens is 2. The van der Waals surface area contributed by atoms with Crippen molar-refractivity contribution in [2.24, 2.45) is 0 Å². The van der Waals surface area contributed by atoms with Gasteiger partial charge in [-0.05, 0) is 32.8 Å². The van der Waals surface area contributed by atoms with Crippen molar-refractivity contribution in [3.05, 3.63) is 16.3 Å². The zero-order chi connectivity index (χ0) is 13.8. The van der Waals surface area contributed by atoms with E-state index in [-0.39, 0.29) is 0 Å². The van der Waals surface area contributed by atoms with Crippen LogP contribution in [0.15, 0.2) is 0 Å². The minimum atomic E-state index is 0.475. The zero-order valence-electron chi connectivity index (χ0n) is 12.0. The molecule has 2 aromatic heterocycles. The lowest BCUT2D eigenvalue weighted by Gasteiger charge is -2.08. The molecule has 0 saturated carbocycles. The Hall–Kier alpha value is -1.20. The molecule has 0 aliphatic rings.